The zero-order valence-corrected chi connectivity index (χ0v) is 12.6. The fourth-order valence-electron chi connectivity index (χ4n) is 3.42. The smallest absolute Gasteiger partial charge is 0.320 e. The lowest BCUT2D eigenvalue weighted by Crippen LogP contribution is -2.46. The molecule has 2 rings (SSSR count). The molecule has 0 radical (unpaired) electrons. The Morgan fingerprint density at radius 1 is 1.21 bits per heavy atom. The van der Waals surface area contributed by atoms with E-state index in [1.165, 1.54) is 19.3 Å². The Kier molecular flexibility index (Phi) is 4.54. The van der Waals surface area contributed by atoms with Gasteiger partial charge in [-0.15, -0.1) is 0 Å². The highest BCUT2D eigenvalue weighted by molar-refractivity contribution is 5.74. The number of carboxylic acid groups (broad SMARTS) is 1. The van der Waals surface area contributed by atoms with Gasteiger partial charge in [0.1, 0.15) is 6.04 Å². The second kappa shape index (κ2) is 5.82. The number of hydrogen-bond donors (Lipinski definition) is 2. The summed E-state index contributed by atoms with van der Waals surface area (Å²) in [7, 11) is 0. The number of carboxylic acids is 1. The molecule has 2 fully saturated rings. The highest BCUT2D eigenvalue weighted by Crippen LogP contribution is 2.41. The second-order valence-corrected chi connectivity index (χ2v) is 7.21. The summed E-state index contributed by atoms with van der Waals surface area (Å²) in [6.07, 6.45) is 8.18. The quantitative estimate of drug-likeness (QED) is 0.775. The van der Waals surface area contributed by atoms with Crippen LogP contribution in [0.1, 0.15) is 65.7 Å². The van der Waals surface area contributed by atoms with E-state index in [-0.39, 0.29) is 6.04 Å². The van der Waals surface area contributed by atoms with Crippen LogP contribution < -0.4 is 5.32 Å². The fourth-order valence-corrected chi connectivity index (χ4v) is 3.42. The molecule has 0 amide bonds. The standard InChI is InChI=1S/C16H29NO2/c1-4-16(2,3)12-7-9-13(10-8-12)17-14(15(18)19)11-5-6-11/h11-14,17H,4-10H2,1-3H3,(H,18,19). The van der Waals surface area contributed by atoms with Gasteiger partial charge in [-0.3, -0.25) is 4.79 Å². The molecule has 3 nitrogen and oxygen atoms in total. The predicted molar refractivity (Wildman–Crippen MR) is 77.1 cm³/mol. The van der Waals surface area contributed by atoms with E-state index >= 15 is 0 Å². The third-order valence-electron chi connectivity index (χ3n) is 5.52. The zero-order valence-electron chi connectivity index (χ0n) is 12.6. The first-order valence-electron chi connectivity index (χ1n) is 7.93. The maximum Gasteiger partial charge on any atom is 0.320 e. The molecule has 2 N–H and O–H groups in total. The van der Waals surface area contributed by atoms with Crippen LogP contribution in [0.3, 0.4) is 0 Å². The number of hydrogen-bond acceptors (Lipinski definition) is 2. The van der Waals surface area contributed by atoms with E-state index in [9.17, 15) is 9.90 Å². The lowest BCUT2D eigenvalue weighted by molar-refractivity contribution is -0.140. The van der Waals surface area contributed by atoms with Crippen LogP contribution in [-0.2, 0) is 4.79 Å². The summed E-state index contributed by atoms with van der Waals surface area (Å²) in [4.78, 5) is 11.3. The van der Waals surface area contributed by atoms with Gasteiger partial charge in [0, 0.05) is 6.04 Å². The Morgan fingerprint density at radius 2 is 1.79 bits per heavy atom. The van der Waals surface area contributed by atoms with E-state index in [4.69, 9.17) is 0 Å². The van der Waals surface area contributed by atoms with Crippen LogP contribution in [-0.4, -0.2) is 23.2 Å². The average Bonchev–Trinajstić information content (AvgIpc) is 3.20. The topological polar surface area (TPSA) is 49.3 Å². The van der Waals surface area contributed by atoms with E-state index in [2.05, 4.69) is 26.1 Å². The third kappa shape index (κ3) is 3.71. The number of rotatable bonds is 6. The maximum absolute atomic E-state index is 11.3. The van der Waals surface area contributed by atoms with Crippen molar-refractivity contribution in [3.63, 3.8) is 0 Å². The molecule has 19 heavy (non-hydrogen) atoms. The van der Waals surface area contributed by atoms with Crippen molar-refractivity contribution in [3.05, 3.63) is 0 Å². The normalized spacial score (nSPS) is 30.1. The van der Waals surface area contributed by atoms with Crippen molar-refractivity contribution < 1.29 is 9.90 Å². The van der Waals surface area contributed by atoms with Crippen LogP contribution >= 0.6 is 0 Å². The van der Waals surface area contributed by atoms with Crippen molar-refractivity contribution >= 4 is 5.97 Å². The Hall–Kier alpha value is -0.570. The molecule has 1 atom stereocenters. The van der Waals surface area contributed by atoms with Gasteiger partial charge in [0.2, 0.25) is 0 Å². The SMILES string of the molecule is CCC(C)(C)C1CCC(NC(C(=O)O)C2CC2)CC1. The van der Waals surface area contributed by atoms with Gasteiger partial charge in [-0.05, 0) is 55.8 Å². The number of carbonyl (C=O) groups is 1. The van der Waals surface area contributed by atoms with Gasteiger partial charge in [0.25, 0.3) is 0 Å². The summed E-state index contributed by atoms with van der Waals surface area (Å²) in [5, 5.41) is 12.7. The molecule has 0 aromatic rings. The van der Waals surface area contributed by atoms with E-state index in [0.717, 1.165) is 31.6 Å². The van der Waals surface area contributed by atoms with Crippen molar-refractivity contribution in [2.24, 2.45) is 17.3 Å². The average molecular weight is 267 g/mol. The monoisotopic (exact) mass is 267 g/mol. The van der Waals surface area contributed by atoms with Gasteiger partial charge in [0.15, 0.2) is 0 Å². The lowest BCUT2D eigenvalue weighted by Gasteiger charge is -2.39. The fraction of sp³-hybridized carbons (Fsp3) is 0.938. The van der Waals surface area contributed by atoms with Crippen molar-refractivity contribution in [1.82, 2.24) is 5.32 Å². The van der Waals surface area contributed by atoms with Crippen LogP contribution in [0.4, 0.5) is 0 Å². The second-order valence-electron chi connectivity index (χ2n) is 7.21. The molecule has 0 saturated heterocycles. The van der Waals surface area contributed by atoms with Crippen LogP contribution in [0.25, 0.3) is 0 Å². The summed E-state index contributed by atoms with van der Waals surface area (Å²) >= 11 is 0. The Bertz CT molecular complexity index is 315. The molecule has 2 saturated carbocycles. The molecule has 3 heteroatoms. The van der Waals surface area contributed by atoms with Gasteiger partial charge in [0.05, 0.1) is 0 Å². The van der Waals surface area contributed by atoms with Crippen LogP contribution in [0.5, 0.6) is 0 Å². The van der Waals surface area contributed by atoms with E-state index in [0.29, 0.717) is 17.4 Å². The molecule has 0 bridgehead atoms. The maximum atomic E-state index is 11.3. The molecular weight excluding hydrogens is 238 g/mol. The summed E-state index contributed by atoms with van der Waals surface area (Å²) < 4.78 is 0. The van der Waals surface area contributed by atoms with E-state index < -0.39 is 5.97 Å². The molecule has 0 aromatic heterocycles. The minimum atomic E-state index is -0.654. The van der Waals surface area contributed by atoms with Crippen LogP contribution in [0, 0.1) is 17.3 Å². The lowest BCUT2D eigenvalue weighted by atomic mass is 9.69. The van der Waals surface area contributed by atoms with Gasteiger partial charge >= 0.3 is 5.97 Å². The Balaban J connectivity index is 1.81. The van der Waals surface area contributed by atoms with E-state index in [1.807, 2.05) is 0 Å². The minimum Gasteiger partial charge on any atom is -0.480 e. The predicted octanol–water partition coefficient (Wildman–Crippen LogP) is 3.43. The summed E-state index contributed by atoms with van der Waals surface area (Å²) in [5.41, 5.74) is 0.438. The first kappa shape index (κ1) is 14.8. The summed E-state index contributed by atoms with van der Waals surface area (Å²) in [6, 6.07) is 0.131. The largest absolute Gasteiger partial charge is 0.480 e. The van der Waals surface area contributed by atoms with Crippen molar-refractivity contribution in [1.29, 1.82) is 0 Å². The zero-order chi connectivity index (χ0) is 14.0. The third-order valence-corrected chi connectivity index (χ3v) is 5.52. The minimum absolute atomic E-state index is 0.291. The van der Waals surface area contributed by atoms with Crippen LogP contribution in [0.2, 0.25) is 0 Å². The molecule has 2 aliphatic carbocycles. The van der Waals surface area contributed by atoms with Gasteiger partial charge in [-0.2, -0.15) is 0 Å². The Labute approximate surface area is 117 Å². The molecule has 1 unspecified atom stereocenters. The summed E-state index contributed by atoms with van der Waals surface area (Å²) in [6.45, 7) is 7.02. The van der Waals surface area contributed by atoms with Gasteiger partial charge < -0.3 is 10.4 Å². The number of nitrogens with one attached hydrogen (secondary N) is 1. The van der Waals surface area contributed by atoms with E-state index in [1.54, 1.807) is 0 Å². The summed E-state index contributed by atoms with van der Waals surface area (Å²) in [5.74, 6) is 0.542. The molecular formula is C16H29NO2. The molecule has 2 aliphatic rings. The van der Waals surface area contributed by atoms with Gasteiger partial charge in [-0.1, -0.05) is 27.2 Å². The Morgan fingerprint density at radius 3 is 2.21 bits per heavy atom. The molecule has 110 valence electrons. The first-order valence-corrected chi connectivity index (χ1v) is 7.93. The van der Waals surface area contributed by atoms with Crippen molar-refractivity contribution in [2.75, 3.05) is 0 Å². The molecule has 0 aromatic carbocycles. The number of aliphatic carboxylic acids is 1. The molecule has 0 spiro atoms. The first-order chi connectivity index (χ1) is 8.94. The van der Waals surface area contributed by atoms with Crippen molar-refractivity contribution in [3.8, 4) is 0 Å². The highest BCUT2D eigenvalue weighted by Gasteiger charge is 2.39. The van der Waals surface area contributed by atoms with Crippen LogP contribution in [0.15, 0.2) is 0 Å². The highest BCUT2D eigenvalue weighted by atomic mass is 16.4. The van der Waals surface area contributed by atoms with Crippen molar-refractivity contribution in [2.45, 2.75) is 77.8 Å². The van der Waals surface area contributed by atoms with Gasteiger partial charge in [-0.25, -0.2) is 0 Å². The molecule has 0 aliphatic heterocycles. The molecule has 0 heterocycles.